The van der Waals surface area contributed by atoms with Gasteiger partial charge in [-0.05, 0) is 54.6 Å². The van der Waals surface area contributed by atoms with Gasteiger partial charge in [-0.1, -0.05) is 219 Å². The summed E-state index contributed by atoms with van der Waals surface area (Å²) >= 11 is 0. The van der Waals surface area contributed by atoms with Crippen LogP contribution in [0.5, 0.6) is 0 Å². The fraction of sp³-hybridized carbons (Fsp3) is 0.344. The van der Waals surface area contributed by atoms with Crippen molar-refractivity contribution in [3.8, 4) is 0 Å². The molecule has 0 aliphatic carbocycles. The lowest BCUT2D eigenvalue weighted by molar-refractivity contribution is 1.05. The minimum absolute atomic E-state index is 0. The molecular formula is C61H94N10. The van der Waals surface area contributed by atoms with Crippen molar-refractivity contribution >= 4 is 54.6 Å². The van der Waals surface area contributed by atoms with Gasteiger partial charge in [0.2, 0.25) is 0 Å². The largest absolute Gasteiger partial charge is 0.253 e. The predicted molar refractivity (Wildman–Crippen MR) is 318 cm³/mol. The summed E-state index contributed by atoms with van der Waals surface area (Å²) in [4.78, 5) is 24.3. The Hall–Kier alpha value is -7.20. The second-order valence-electron chi connectivity index (χ2n) is 10.4. The summed E-state index contributed by atoms with van der Waals surface area (Å²) in [6.45, 7) is 40.0. The summed E-state index contributed by atoms with van der Waals surface area (Å²) in [5.74, 6) is 0. The number of nitrogens with zero attached hydrogens (tertiary/aromatic N) is 10. The Morgan fingerprint density at radius 3 is 1.03 bits per heavy atom. The molecule has 4 aromatic carbocycles. The van der Waals surface area contributed by atoms with Crippen LogP contribution in [-0.2, 0) is 0 Å². The van der Waals surface area contributed by atoms with E-state index >= 15 is 0 Å². The monoisotopic (exact) mass is 967 g/mol. The number of para-hydroxylation sites is 3. The molecule has 0 saturated heterocycles. The average Bonchev–Trinajstić information content (AvgIpc) is 3.51. The molecule has 10 rings (SSSR count). The van der Waals surface area contributed by atoms with Crippen molar-refractivity contribution in [1.29, 1.82) is 0 Å². The summed E-state index contributed by atoms with van der Waals surface area (Å²) in [5.41, 5.74) is 4.66. The molecule has 71 heavy (non-hydrogen) atoms. The second-order valence-corrected chi connectivity index (χ2v) is 10.4. The van der Waals surface area contributed by atoms with Crippen LogP contribution in [0.1, 0.15) is 146 Å². The first-order valence-corrected chi connectivity index (χ1v) is 25.6. The van der Waals surface area contributed by atoms with Gasteiger partial charge in [0.15, 0.2) is 5.65 Å². The van der Waals surface area contributed by atoms with Crippen molar-refractivity contribution in [2.24, 2.45) is 0 Å². The second kappa shape index (κ2) is 60.8. The Kier molecular flexibility index (Phi) is 64.5. The van der Waals surface area contributed by atoms with E-state index in [1.165, 1.54) is 0 Å². The molecule has 0 unspecified atom stereocenters. The molecule has 10 heteroatoms. The topological polar surface area (TPSA) is 129 Å². The van der Waals surface area contributed by atoms with Gasteiger partial charge in [-0.3, -0.25) is 9.97 Å². The van der Waals surface area contributed by atoms with E-state index in [1.54, 1.807) is 49.7 Å². The van der Waals surface area contributed by atoms with Crippen LogP contribution in [0.4, 0.5) is 0 Å². The van der Waals surface area contributed by atoms with Crippen molar-refractivity contribution in [2.45, 2.75) is 146 Å². The first-order chi connectivity index (χ1) is 34.8. The van der Waals surface area contributed by atoms with Crippen LogP contribution >= 0.6 is 0 Å². The fourth-order valence-electron chi connectivity index (χ4n) is 4.61. The summed E-state index contributed by atoms with van der Waals surface area (Å²) in [7, 11) is 0. The molecule has 10 nitrogen and oxygen atoms in total. The first kappa shape index (κ1) is 75.3. The minimum Gasteiger partial charge on any atom is -0.253 e. The van der Waals surface area contributed by atoms with Gasteiger partial charge < -0.3 is 0 Å². The molecule has 0 aliphatic rings. The lowest BCUT2D eigenvalue weighted by Gasteiger charge is -1.90. The van der Waals surface area contributed by atoms with E-state index in [2.05, 4.69) is 50.3 Å². The van der Waals surface area contributed by atoms with E-state index in [0.717, 1.165) is 54.6 Å². The van der Waals surface area contributed by atoms with Gasteiger partial charge in [-0.15, -0.1) is 0 Å². The molecule has 0 bridgehead atoms. The molecule has 6 heterocycles. The molecule has 10 aromatic rings. The van der Waals surface area contributed by atoms with Gasteiger partial charge in [0.1, 0.15) is 6.33 Å². The van der Waals surface area contributed by atoms with Crippen LogP contribution < -0.4 is 0 Å². The maximum atomic E-state index is 4.12. The maximum absolute atomic E-state index is 4.12. The highest BCUT2D eigenvalue weighted by Crippen LogP contribution is 2.10. The van der Waals surface area contributed by atoms with Gasteiger partial charge in [0.05, 0.1) is 40.7 Å². The molecule has 0 aliphatic heterocycles. The maximum Gasteiger partial charge on any atom is 0.159 e. The highest BCUT2D eigenvalue weighted by Gasteiger charge is 1.91. The zero-order valence-electron chi connectivity index (χ0n) is 46.8. The molecule has 0 amide bonds. The third-order valence-corrected chi connectivity index (χ3v) is 7.04. The average molecular weight is 967 g/mol. The number of hydrogen-bond donors (Lipinski definition) is 0. The predicted octanol–water partition coefficient (Wildman–Crippen LogP) is 19.0. The van der Waals surface area contributed by atoms with Crippen LogP contribution in [0, 0.1) is 0 Å². The van der Waals surface area contributed by atoms with Crippen LogP contribution in [0.25, 0.3) is 54.6 Å². The summed E-state index contributed by atoms with van der Waals surface area (Å²) in [6, 6.07) is 41.4. The molecular weight excluding hydrogens is 873 g/mol. The molecule has 0 atom stereocenters. The fourth-order valence-corrected chi connectivity index (χ4v) is 4.61. The molecule has 388 valence electrons. The number of benzene rings is 4. The van der Waals surface area contributed by atoms with Gasteiger partial charge in [-0.2, -0.15) is 20.4 Å². The normalized spacial score (nSPS) is 7.89. The summed E-state index contributed by atoms with van der Waals surface area (Å²) < 4.78 is 0. The number of hydrogen-bond acceptors (Lipinski definition) is 10. The number of aromatic nitrogens is 10. The summed E-state index contributed by atoms with van der Waals surface area (Å²) in [6.07, 6.45) is 15.5. The van der Waals surface area contributed by atoms with Crippen molar-refractivity contribution in [2.75, 3.05) is 0 Å². The van der Waals surface area contributed by atoms with Crippen LogP contribution in [0.15, 0.2) is 183 Å². The Balaban J connectivity index is -0.000000170. The summed E-state index contributed by atoms with van der Waals surface area (Å²) in [5, 5.41) is 20.8. The first-order valence-electron chi connectivity index (χ1n) is 25.6. The van der Waals surface area contributed by atoms with E-state index in [4.69, 9.17) is 0 Å². The van der Waals surface area contributed by atoms with Crippen LogP contribution in [-0.4, -0.2) is 50.3 Å². The van der Waals surface area contributed by atoms with E-state index in [1.807, 2.05) is 272 Å². The molecule has 0 saturated carbocycles. The van der Waals surface area contributed by atoms with Crippen LogP contribution in [0.2, 0.25) is 0 Å². The quantitative estimate of drug-likeness (QED) is 0.145. The highest BCUT2D eigenvalue weighted by atomic mass is 15.1. The van der Waals surface area contributed by atoms with Gasteiger partial charge in [-0.25, -0.2) is 19.9 Å². The van der Waals surface area contributed by atoms with Crippen LogP contribution in [0.3, 0.4) is 0 Å². The third kappa shape index (κ3) is 33.9. The number of rotatable bonds is 0. The Morgan fingerprint density at radius 2 is 0.620 bits per heavy atom. The Labute approximate surface area is 432 Å². The van der Waals surface area contributed by atoms with Crippen molar-refractivity contribution in [3.05, 3.63) is 183 Å². The van der Waals surface area contributed by atoms with Gasteiger partial charge in [0.25, 0.3) is 0 Å². The molecule has 0 N–H and O–H groups in total. The molecule has 0 radical (unpaired) electrons. The molecule has 6 aromatic heterocycles. The zero-order chi connectivity index (χ0) is 54.1. The number of fused-ring (bicyclic) bond motifs is 5. The molecule has 0 fully saturated rings. The van der Waals surface area contributed by atoms with E-state index in [9.17, 15) is 0 Å². The Morgan fingerprint density at radius 1 is 0.254 bits per heavy atom. The van der Waals surface area contributed by atoms with Crippen molar-refractivity contribution < 1.29 is 0 Å². The lowest BCUT2D eigenvalue weighted by atomic mass is 10.2. The van der Waals surface area contributed by atoms with Crippen molar-refractivity contribution in [1.82, 2.24) is 50.3 Å². The SMILES string of the molecule is C.CC.CC.CC.CC.CC.CC.CC.CC.CC.CC.c1ccc2cnncc2c1.c1ccc2nccnc2c1.c1ccc2ncncc2c1.c1ccc2nnccc2c1.c1cnc2ncccc2c1. The minimum atomic E-state index is 0. The number of pyridine rings is 2. The van der Waals surface area contributed by atoms with E-state index in [0.29, 0.717) is 0 Å². The van der Waals surface area contributed by atoms with Gasteiger partial charge in [0, 0.05) is 57.9 Å². The Bertz CT molecular complexity index is 1810. The lowest BCUT2D eigenvalue weighted by Crippen LogP contribution is -1.79. The van der Waals surface area contributed by atoms with E-state index < -0.39 is 0 Å². The highest BCUT2D eigenvalue weighted by molar-refractivity contribution is 5.80. The van der Waals surface area contributed by atoms with Gasteiger partial charge >= 0.3 is 0 Å². The smallest absolute Gasteiger partial charge is 0.159 e. The van der Waals surface area contributed by atoms with E-state index in [-0.39, 0.29) is 7.43 Å². The third-order valence-electron chi connectivity index (χ3n) is 7.04. The molecule has 0 spiro atoms. The standard InChI is InChI=1S/5C8H6N2.10C2H6.CH4/c1-3-7-4-2-6-10-8(7)9-5-1;1-2-4-8-7(3-1)5-9-6-10-8;1-2-4-8-6-10-9-5-7(8)3-1;1-2-4-8-7(3-1)9-5-6-10-8;1-2-4-8-7(3-1)5-6-9-10-8;10*1-2;/h5*1-6H;10*1-2H3;1H4. The zero-order valence-corrected chi connectivity index (χ0v) is 46.8. The van der Waals surface area contributed by atoms with Crippen molar-refractivity contribution in [3.63, 3.8) is 0 Å².